The highest BCUT2D eigenvalue weighted by Gasteiger charge is 2.14. The van der Waals surface area contributed by atoms with E-state index in [1.165, 1.54) is 12.8 Å². The van der Waals surface area contributed by atoms with Crippen LogP contribution in [0.4, 0.5) is 5.82 Å². The van der Waals surface area contributed by atoms with Crippen LogP contribution in [0.2, 0.25) is 0 Å². The molecule has 0 bridgehead atoms. The summed E-state index contributed by atoms with van der Waals surface area (Å²) >= 11 is 0. The van der Waals surface area contributed by atoms with E-state index in [1.807, 2.05) is 14.0 Å². The van der Waals surface area contributed by atoms with Gasteiger partial charge in [-0.3, -0.25) is 0 Å². The van der Waals surface area contributed by atoms with Gasteiger partial charge in [0.25, 0.3) is 0 Å². The monoisotopic (exact) mass is 220 g/mol. The van der Waals surface area contributed by atoms with Gasteiger partial charge in [0.2, 0.25) is 0 Å². The first-order valence-electron chi connectivity index (χ1n) is 6.03. The zero-order valence-electron chi connectivity index (χ0n) is 10.2. The standard InChI is InChI=1S/C12H20N4/c1-10-14-11(5-6-13-2)9-12(15-10)16-7-3-4-8-16/h9,13H,3-8H2,1-2H3. The average molecular weight is 220 g/mol. The molecule has 0 aromatic carbocycles. The Morgan fingerprint density at radius 2 is 2.06 bits per heavy atom. The van der Waals surface area contributed by atoms with Crippen molar-refractivity contribution < 1.29 is 0 Å². The molecular formula is C12H20N4. The fourth-order valence-corrected chi connectivity index (χ4v) is 2.10. The minimum absolute atomic E-state index is 0.885. The fourth-order valence-electron chi connectivity index (χ4n) is 2.10. The molecule has 4 nitrogen and oxygen atoms in total. The highest BCUT2D eigenvalue weighted by atomic mass is 15.2. The summed E-state index contributed by atoms with van der Waals surface area (Å²) in [6.45, 7) is 5.22. The van der Waals surface area contributed by atoms with Gasteiger partial charge in [0.1, 0.15) is 11.6 Å². The number of aromatic nitrogens is 2. The van der Waals surface area contributed by atoms with Crippen LogP contribution in [0, 0.1) is 6.92 Å². The van der Waals surface area contributed by atoms with Gasteiger partial charge >= 0.3 is 0 Å². The molecule has 1 aliphatic heterocycles. The van der Waals surface area contributed by atoms with Crippen molar-refractivity contribution >= 4 is 5.82 Å². The van der Waals surface area contributed by atoms with Gasteiger partial charge in [0.05, 0.1) is 0 Å². The topological polar surface area (TPSA) is 41.0 Å². The third kappa shape index (κ3) is 2.70. The molecule has 0 atom stereocenters. The average Bonchev–Trinajstić information content (AvgIpc) is 2.79. The maximum Gasteiger partial charge on any atom is 0.132 e. The summed E-state index contributed by atoms with van der Waals surface area (Å²) in [5.74, 6) is 1.99. The predicted molar refractivity (Wildman–Crippen MR) is 65.8 cm³/mol. The number of aryl methyl sites for hydroxylation is 1. The molecule has 1 fully saturated rings. The van der Waals surface area contributed by atoms with Crippen molar-refractivity contribution in [3.63, 3.8) is 0 Å². The highest BCUT2D eigenvalue weighted by molar-refractivity contribution is 5.40. The maximum absolute atomic E-state index is 4.52. The van der Waals surface area contributed by atoms with Crippen LogP contribution in [0.1, 0.15) is 24.4 Å². The Balaban J connectivity index is 2.14. The molecule has 88 valence electrons. The van der Waals surface area contributed by atoms with E-state index in [9.17, 15) is 0 Å². The van der Waals surface area contributed by atoms with Gasteiger partial charge in [0.15, 0.2) is 0 Å². The van der Waals surface area contributed by atoms with Crippen LogP contribution in [0.3, 0.4) is 0 Å². The minimum atomic E-state index is 0.885. The number of likely N-dealkylation sites (N-methyl/N-ethyl adjacent to an activating group) is 1. The van der Waals surface area contributed by atoms with Crippen molar-refractivity contribution in [2.75, 3.05) is 31.6 Å². The molecule has 0 radical (unpaired) electrons. The van der Waals surface area contributed by atoms with Crippen LogP contribution in [0.25, 0.3) is 0 Å². The minimum Gasteiger partial charge on any atom is -0.357 e. The molecule has 1 aromatic rings. The summed E-state index contributed by atoms with van der Waals surface area (Å²) in [4.78, 5) is 11.3. The molecule has 2 rings (SSSR count). The van der Waals surface area contributed by atoms with Gasteiger partial charge in [-0.1, -0.05) is 0 Å². The highest BCUT2D eigenvalue weighted by Crippen LogP contribution is 2.18. The first kappa shape index (κ1) is 11.3. The van der Waals surface area contributed by atoms with Crippen molar-refractivity contribution in [2.24, 2.45) is 0 Å². The molecule has 1 aliphatic rings. The summed E-state index contributed by atoms with van der Waals surface area (Å²) in [6, 6.07) is 2.13. The van der Waals surface area contributed by atoms with Crippen LogP contribution in [-0.4, -0.2) is 36.6 Å². The Bertz CT molecular complexity index is 345. The van der Waals surface area contributed by atoms with E-state index in [-0.39, 0.29) is 0 Å². The lowest BCUT2D eigenvalue weighted by Crippen LogP contribution is -2.20. The smallest absolute Gasteiger partial charge is 0.132 e. The van der Waals surface area contributed by atoms with Crippen LogP contribution >= 0.6 is 0 Å². The van der Waals surface area contributed by atoms with Crippen LogP contribution in [-0.2, 0) is 6.42 Å². The number of hydrogen-bond acceptors (Lipinski definition) is 4. The number of hydrogen-bond donors (Lipinski definition) is 1. The van der Waals surface area contributed by atoms with Gasteiger partial charge in [-0.25, -0.2) is 9.97 Å². The number of nitrogens with zero attached hydrogens (tertiary/aromatic N) is 3. The van der Waals surface area contributed by atoms with E-state index in [0.29, 0.717) is 0 Å². The quantitative estimate of drug-likeness (QED) is 0.826. The Kier molecular flexibility index (Phi) is 3.72. The van der Waals surface area contributed by atoms with E-state index in [0.717, 1.165) is 43.4 Å². The molecule has 4 heteroatoms. The zero-order chi connectivity index (χ0) is 11.4. The molecule has 0 aliphatic carbocycles. The van der Waals surface area contributed by atoms with Crippen molar-refractivity contribution in [1.82, 2.24) is 15.3 Å². The Morgan fingerprint density at radius 1 is 1.31 bits per heavy atom. The zero-order valence-corrected chi connectivity index (χ0v) is 10.2. The molecule has 0 spiro atoms. The van der Waals surface area contributed by atoms with Gasteiger partial charge in [-0.05, 0) is 26.8 Å². The SMILES string of the molecule is CNCCc1cc(N2CCCC2)nc(C)n1. The molecule has 0 amide bonds. The van der Waals surface area contributed by atoms with Crippen LogP contribution in [0.15, 0.2) is 6.07 Å². The Labute approximate surface area is 97.1 Å². The third-order valence-electron chi connectivity index (χ3n) is 2.94. The third-order valence-corrected chi connectivity index (χ3v) is 2.94. The second-order valence-electron chi connectivity index (χ2n) is 4.31. The number of rotatable bonds is 4. The summed E-state index contributed by atoms with van der Waals surface area (Å²) in [5.41, 5.74) is 1.14. The predicted octanol–water partition coefficient (Wildman–Crippen LogP) is 1.15. The van der Waals surface area contributed by atoms with E-state index in [2.05, 4.69) is 26.3 Å². The first-order chi connectivity index (χ1) is 7.79. The Hall–Kier alpha value is -1.16. The fraction of sp³-hybridized carbons (Fsp3) is 0.667. The molecule has 0 saturated carbocycles. The van der Waals surface area contributed by atoms with E-state index in [4.69, 9.17) is 0 Å². The van der Waals surface area contributed by atoms with E-state index >= 15 is 0 Å². The lowest BCUT2D eigenvalue weighted by atomic mass is 10.3. The number of nitrogens with one attached hydrogen (secondary N) is 1. The van der Waals surface area contributed by atoms with Crippen molar-refractivity contribution in [2.45, 2.75) is 26.2 Å². The van der Waals surface area contributed by atoms with E-state index in [1.54, 1.807) is 0 Å². The normalized spacial score (nSPS) is 15.8. The van der Waals surface area contributed by atoms with Crippen LogP contribution < -0.4 is 10.2 Å². The first-order valence-corrected chi connectivity index (χ1v) is 6.03. The molecule has 1 aromatic heterocycles. The van der Waals surface area contributed by atoms with Crippen molar-refractivity contribution in [1.29, 1.82) is 0 Å². The van der Waals surface area contributed by atoms with Gasteiger partial charge in [-0.15, -0.1) is 0 Å². The van der Waals surface area contributed by atoms with Crippen LogP contribution in [0.5, 0.6) is 0 Å². The lowest BCUT2D eigenvalue weighted by molar-refractivity contribution is 0.766. The molecule has 16 heavy (non-hydrogen) atoms. The molecule has 0 unspecified atom stereocenters. The summed E-state index contributed by atoms with van der Waals surface area (Å²) in [6.07, 6.45) is 3.55. The summed E-state index contributed by atoms with van der Waals surface area (Å²) < 4.78 is 0. The van der Waals surface area contributed by atoms with Gasteiger partial charge in [0, 0.05) is 37.8 Å². The number of anilines is 1. The molecular weight excluding hydrogens is 200 g/mol. The largest absolute Gasteiger partial charge is 0.357 e. The van der Waals surface area contributed by atoms with Gasteiger partial charge < -0.3 is 10.2 Å². The Morgan fingerprint density at radius 3 is 2.75 bits per heavy atom. The molecule has 1 saturated heterocycles. The summed E-state index contributed by atoms with van der Waals surface area (Å²) in [7, 11) is 1.97. The second kappa shape index (κ2) is 5.25. The van der Waals surface area contributed by atoms with Crippen molar-refractivity contribution in [3.05, 3.63) is 17.6 Å². The van der Waals surface area contributed by atoms with Crippen molar-refractivity contribution in [3.8, 4) is 0 Å². The summed E-state index contributed by atoms with van der Waals surface area (Å²) in [5, 5.41) is 3.15. The lowest BCUT2D eigenvalue weighted by Gasteiger charge is -2.17. The van der Waals surface area contributed by atoms with E-state index < -0.39 is 0 Å². The maximum atomic E-state index is 4.52. The molecule has 1 N–H and O–H groups in total. The molecule has 2 heterocycles. The second-order valence-corrected chi connectivity index (χ2v) is 4.31. The van der Waals surface area contributed by atoms with Gasteiger partial charge in [-0.2, -0.15) is 0 Å².